The second-order valence-electron chi connectivity index (χ2n) is 8.14. The summed E-state index contributed by atoms with van der Waals surface area (Å²) in [4.78, 5) is 25.3. The van der Waals surface area contributed by atoms with Crippen molar-refractivity contribution >= 4 is 11.6 Å². The Kier molecular flexibility index (Phi) is 5.52. The van der Waals surface area contributed by atoms with Crippen molar-refractivity contribution < 1.29 is 14.7 Å². The van der Waals surface area contributed by atoms with Gasteiger partial charge in [-0.3, -0.25) is 9.59 Å². The van der Waals surface area contributed by atoms with Gasteiger partial charge in [-0.1, -0.05) is 30.2 Å². The van der Waals surface area contributed by atoms with E-state index in [1.54, 1.807) is 0 Å². The molecule has 2 aliphatic carbocycles. The lowest BCUT2D eigenvalue weighted by atomic mass is 9.52. The van der Waals surface area contributed by atoms with Crippen LogP contribution in [0.5, 0.6) is 0 Å². The van der Waals surface area contributed by atoms with Crippen LogP contribution < -0.4 is 0 Å². The quantitative estimate of drug-likeness (QED) is 0.573. The fourth-order valence-corrected chi connectivity index (χ4v) is 4.26. The Hall–Kier alpha value is -1.64. The number of carbonyl (C=O) groups excluding carboxylic acids is 2. The second-order valence-corrected chi connectivity index (χ2v) is 8.14. The van der Waals surface area contributed by atoms with E-state index in [-0.39, 0.29) is 28.7 Å². The molecule has 0 radical (unpaired) electrons. The number of rotatable bonds is 5. The molecule has 0 aromatic heterocycles. The molecule has 0 spiro atoms. The van der Waals surface area contributed by atoms with Crippen molar-refractivity contribution in [2.24, 2.45) is 23.2 Å². The summed E-state index contributed by atoms with van der Waals surface area (Å²) in [5.74, 6) is -1.18. The van der Waals surface area contributed by atoms with Crippen LogP contribution >= 0.6 is 0 Å². The Balaban J connectivity index is 2.39. The molecule has 0 saturated heterocycles. The molecule has 132 valence electrons. The summed E-state index contributed by atoms with van der Waals surface area (Å²) in [5.41, 5.74) is 2.15. The fraction of sp³-hybridized carbons (Fsp3) is 0.619. The van der Waals surface area contributed by atoms with Crippen molar-refractivity contribution in [1.82, 2.24) is 0 Å². The Bertz CT molecular complexity index is 615. The maximum absolute atomic E-state index is 12.8. The molecule has 0 heterocycles. The summed E-state index contributed by atoms with van der Waals surface area (Å²) in [6.45, 7) is 10.4. The van der Waals surface area contributed by atoms with Gasteiger partial charge in [0.1, 0.15) is 5.76 Å². The third kappa shape index (κ3) is 3.55. The summed E-state index contributed by atoms with van der Waals surface area (Å²) in [5, 5.41) is 10.1. The summed E-state index contributed by atoms with van der Waals surface area (Å²) in [7, 11) is 0. The van der Waals surface area contributed by atoms with Crippen molar-refractivity contribution in [3.05, 3.63) is 35.1 Å². The highest BCUT2D eigenvalue weighted by Crippen LogP contribution is 2.53. The van der Waals surface area contributed by atoms with Gasteiger partial charge in [-0.15, -0.1) is 0 Å². The average molecular weight is 330 g/mol. The van der Waals surface area contributed by atoms with Gasteiger partial charge in [-0.2, -0.15) is 0 Å². The zero-order valence-corrected chi connectivity index (χ0v) is 15.6. The Morgan fingerprint density at radius 2 is 1.83 bits per heavy atom. The Labute approximate surface area is 145 Å². The van der Waals surface area contributed by atoms with Crippen LogP contribution in [0.25, 0.3) is 0 Å². The SMILES string of the molecule is CC(C)=CCC[C@]1(C)[C@@H](CC=C(C)C)C[C@H]2C(=O)[C@@H]1C(=O)C=C2O. The molecular weight excluding hydrogens is 300 g/mol. The summed E-state index contributed by atoms with van der Waals surface area (Å²) < 4.78 is 0. The average Bonchev–Trinajstić information content (AvgIpc) is 2.44. The van der Waals surface area contributed by atoms with E-state index in [4.69, 9.17) is 0 Å². The molecule has 0 amide bonds. The molecule has 3 nitrogen and oxygen atoms in total. The number of aliphatic hydroxyl groups excluding tert-OH is 1. The normalized spacial score (nSPS) is 32.2. The van der Waals surface area contributed by atoms with Crippen molar-refractivity contribution in [2.45, 2.75) is 60.3 Å². The molecule has 2 aliphatic rings. The number of Topliss-reactive ketones (excluding diaryl/α,β-unsaturated/α-hetero) is 1. The molecule has 1 fully saturated rings. The van der Waals surface area contributed by atoms with Crippen molar-refractivity contribution in [3.63, 3.8) is 0 Å². The minimum atomic E-state index is -0.603. The number of aliphatic hydroxyl groups is 1. The Morgan fingerprint density at radius 3 is 2.42 bits per heavy atom. The third-order valence-electron chi connectivity index (χ3n) is 5.72. The lowest BCUT2D eigenvalue weighted by Crippen LogP contribution is -2.53. The van der Waals surface area contributed by atoms with Crippen LogP contribution in [-0.4, -0.2) is 16.7 Å². The van der Waals surface area contributed by atoms with Gasteiger partial charge >= 0.3 is 0 Å². The maximum Gasteiger partial charge on any atom is 0.170 e. The topological polar surface area (TPSA) is 54.4 Å². The minimum Gasteiger partial charge on any atom is -0.511 e. The minimum absolute atomic E-state index is 0.0326. The van der Waals surface area contributed by atoms with Crippen molar-refractivity contribution in [3.8, 4) is 0 Å². The van der Waals surface area contributed by atoms with E-state index < -0.39 is 11.8 Å². The second kappa shape index (κ2) is 7.08. The zero-order chi connectivity index (χ0) is 18.1. The molecule has 4 atom stereocenters. The highest BCUT2D eigenvalue weighted by atomic mass is 16.3. The van der Waals surface area contributed by atoms with Crippen LogP contribution in [-0.2, 0) is 9.59 Å². The molecular formula is C21H30O3. The number of ketones is 2. The smallest absolute Gasteiger partial charge is 0.170 e. The lowest BCUT2D eigenvalue weighted by Gasteiger charge is -2.49. The molecule has 1 saturated carbocycles. The Morgan fingerprint density at radius 1 is 1.21 bits per heavy atom. The largest absolute Gasteiger partial charge is 0.511 e. The van der Waals surface area contributed by atoms with E-state index in [1.807, 2.05) is 0 Å². The van der Waals surface area contributed by atoms with Crippen LogP contribution in [0.2, 0.25) is 0 Å². The zero-order valence-electron chi connectivity index (χ0n) is 15.6. The van der Waals surface area contributed by atoms with Gasteiger partial charge in [0.15, 0.2) is 11.6 Å². The highest BCUT2D eigenvalue weighted by Gasteiger charge is 2.56. The molecule has 2 bridgehead atoms. The van der Waals surface area contributed by atoms with Crippen LogP contribution in [0.3, 0.4) is 0 Å². The standard InChI is InChI=1S/C21H30O3/c1-13(2)7-6-10-21(5)15(9-8-14(3)4)11-16-17(22)12-18(23)19(21)20(16)24/h7-8,12,15-16,19,22H,6,9-11H2,1-5H3/t15-,16+,19-,21+/m0/s1. The van der Waals surface area contributed by atoms with Crippen LogP contribution in [0.4, 0.5) is 0 Å². The molecule has 0 aliphatic heterocycles. The highest BCUT2D eigenvalue weighted by molar-refractivity contribution is 6.13. The van der Waals surface area contributed by atoms with E-state index in [1.165, 1.54) is 17.2 Å². The molecule has 0 aromatic carbocycles. The summed E-state index contributed by atoms with van der Waals surface area (Å²) >= 11 is 0. The van der Waals surface area contributed by atoms with E-state index >= 15 is 0 Å². The molecule has 3 heteroatoms. The van der Waals surface area contributed by atoms with Gasteiger partial charge < -0.3 is 5.11 Å². The van der Waals surface area contributed by atoms with Gasteiger partial charge in [0.05, 0.1) is 11.8 Å². The first kappa shape index (κ1) is 18.7. The van der Waals surface area contributed by atoms with Gasteiger partial charge in [0.2, 0.25) is 0 Å². The molecule has 1 N–H and O–H groups in total. The van der Waals surface area contributed by atoms with Gasteiger partial charge in [-0.25, -0.2) is 0 Å². The number of carbonyl (C=O) groups is 2. The molecule has 24 heavy (non-hydrogen) atoms. The fourth-order valence-electron chi connectivity index (χ4n) is 4.26. The van der Waals surface area contributed by atoms with Crippen LogP contribution in [0, 0.1) is 23.2 Å². The van der Waals surface area contributed by atoms with E-state index in [2.05, 4.69) is 46.8 Å². The third-order valence-corrected chi connectivity index (χ3v) is 5.72. The monoisotopic (exact) mass is 330 g/mol. The number of fused-ring (bicyclic) bond motifs is 2. The predicted octanol–water partition coefficient (Wildman–Crippen LogP) is 4.94. The summed E-state index contributed by atoms with van der Waals surface area (Å²) in [6.07, 6.45) is 8.87. The molecule has 0 aromatic rings. The first-order chi connectivity index (χ1) is 11.2. The number of hydrogen-bond donors (Lipinski definition) is 1. The van der Waals surface area contributed by atoms with Gasteiger partial charge in [0, 0.05) is 6.08 Å². The van der Waals surface area contributed by atoms with Crippen molar-refractivity contribution in [1.29, 1.82) is 0 Å². The van der Waals surface area contributed by atoms with E-state index in [0.717, 1.165) is 19.3 Å². The summed E-state index contributed by atoms with van der Waals surface area (Å²) in [6, 6.07) is 0. The maximum atomic E-state index is 12.8. The van der Waals surface area contributed by atoms with E-state index in [0.29, 0.717) is 6.42 Å². The van der Waals surface area contributed by atoms with Gasteiger partial charge in [-0.05, 0) is 64.7 Å². The van der Waals surface area contributed by atoms with Crippen LogP contribution in [0.1, 0.15) is 60.3 Å². The lowest BCUT2D eigenvalue weighted by molar-refractivity contribution is -0.148. The number of allylic oxidation sites excluding steroid dienone is 6. The molecule has 2 rings (SSSR count). The van der Waals surface area contributed by atoms with E-state index in [9.17, 15) is 14.7 Å². The first-order valence-electron chi connectivity index (χ1n) is 8.91. The van der Waals surface area contributed by atoms with Crippen LogP contribution in [0.15, 0.2) is 35.1 Å². The predicted molar refractivity (Wildman–Crippen MR) is 96.6 cm³/mol. The molecule has 0 unspecified atom stereocenters. The first-order valence-corrected chi connectivity index (χ1v) is 8.91. The van der Waals surface area contributed by atoms with Gasteiger partial charge in [0.25, 0.3) is 0 Å². The van der Waals surface area contributed by atoms with Crippen molar-refractivity contribution in [2.75, 3.05) is 0 Å². The number of hydrogen-bond acceptors (Lipinski definition) is 3.